The van der Waals surface area contributed by atoms with Crippen molar-refractivity contribution in [3.8, 4) is 44.9 Å². The van der Waals surface area contributed by atoms with E-state index in [0.29, 0.717) is 22.6 Å². The van der Waals surface area contributed by atoms with Gasteiger partial charge in [-0.15, -0.1) is 0 Å². The first kappa shape index (κ1) is 37.0. The summed E-state index contributed by atoms with van der Waals surface area (Å²) >= 11 is 0. The van der Waals surface area contributed by atoms with E-state index >= 15 is 0 Å². The molecular formula is C48H40N6O6. The summed E-state index contributed by atoms with van der Waals surface area (Å²) < 4.78 is 14.2. The maximum atomic E-state index is 11.7. The van der Waals surface area contributed by atoms with Crippen molar-refractivity contribution in [3.63, 3.8) is 0 Å². The van der Waals surface area contributed by atoms with Gasteiger partial charge in [-0.25, -0.2) is 0 Å². The van der Waals surface area contributed by atoms with Crippen molar-refractivity contribution in [3.05, 3.63) is 164 Å². The highest BCUT2D eigenvalue weighted by Crippen LogP contribution is 2.64. The minimum Gasteiger partial charge on any atom is -0.463 e. The van der Waals surface area contributed by atoms with Crippen LogP contribution in [0.1, 0.15) is 49.9 Å². The maximum Gasteiger partial charge on any atom is 0.270 e. The Morgan fingerprint density at radius 3 is 1.27 bits per heavy atom. The van der Waals surface area contributed by atoms with Crippen LogP contribution in [0.2, 0.25) is 0 Å². The number of fused-ring (bicyclic) bond motifs is 4. The molecule has 0 fully saturated rings. The van der Waals surface area contributed by atoms with Crippen LogP contribution in [0.3, 0.4) is 0 Å². The summed E-state index contributed by atoms with van der Waals surface area (Å²) in [7, 11) is 4.11. The second-order valence-electron chi connectivity index (χ2n) is 16.8. The Hall–Kier alpha value is -7.34. The molecular weight excluding hydrogens is 757 g/mol. The molecule has 6 heterocycles. The van der Waals surface area contributed by atoms with Crippen LogP contribution in [-0.2, 0) is 10.8 Å². The molecule has 0 unspecified atom stereocenters. The molecule has 2 spiro atoms. The van der Waals surface area contributed by atoms with E-state index in [9.17, 15) is 20.2 Å². The molecule has 10 rings (SSSR count). The lowest BCUT2D eigenvalue weighted by molar-refractivity contribution is -0.385. The van der Waals surface area contributed by atoms with E-state index in [1.807, 2.05) is 48.6 Å². The summed E-state index contributed by atoms with van der Waals surface area (Å²) in [4.78, 5) is 35.7. The standard InChI is InChI=1S/C48H40N6O6/c1-45(2)41-35(29-17-23-49-24-18-29)9-11-37(43(41)51(5)47(45)21-15-31-27-33(53(55)56)7-13-39(31)59-47)38-12-10-36(30-19-25-50-26-20-30)42-44(38)52(6)48(46(42,3)4)22-16-32-28-34(54(57)58)8-14-40(32)60-48/h7-28H,1-6H3/t47-,48+. The van der Waals surface area contributed by atoms with Gasteiger partial charge in [-0.1, -0.05) is 24.3 Å². The third kappa shape index (κ3) is 4.84. The van der Waals surface area contributed by atoms with Crippen LogP contribution in [-0.4, -0.2) is 45.4 Å². The van der Waals surface area contributed by atoms with Gasteiger partial charge in [0.1, 0.15) is 11.5 Å². The van der Waals surface area contributed by atoms with E-state index in [1.54, 1.807) is 49.1 Å². The van der Waals surface area contributed by atoms with Gasteiger partial charge in [0, 0.05) is 85.4 Å². The molecule has 4 aliphatic heterocycles. The summed E-state index contributed by atoms with van der Waals surface area (Å²) in [6.07, 6.45) is 15.1. The van der Waals surface area contributed by atoms with Crippen molar-refractivity contribution in [2.24, 2.45) is 0 Å². The molecule has 2 aromatic heterocycles. The highest BCUT2D eigenvalue weighted by atomic mass is 16.6. The SMILES string of the molecule is CN1c2c(-c3ccc(-c4ccncc4)c4c3N(C)[C@]3(C=Cc5cc([N+](=O)[O-])ccc5O3)C4(C)C)ccc(-c3ccncc3)c2C(C)(C)[C@]12C=Cc1cc([N+](=O)[O-])ccc1O2. The van der Waals surface area contributed by atoms with Gasteiger partial charge in [0.15, 0.2) is 0 Å². The maximum absolute atomic E-state index is 11.7. The number of non-ortho nitro benzene ring substituents is 2. The Morgan fingerprint density at radius 2 is 0.900 bits per heavy atom. The van der Waals surface area contributed by atoms with E-state index in [1.165, 1.54) is 12.1 Å². The minimum absolute atomic E-state index is 0.00184. The highest BCUT2D eigenvalue weighted by molar-refractivity contribution is 6.00. The molecule has 2 atom stereocenters. The van der Waals surface area contributed by atoms with Crippen LogP contribution in [0.15, 0.2) is 122 Å². The van der Waals surface area contributed by atoms with Crippen molar-refractivity contribution in [1.82, 2.24) is 9.97 Å². The zero-order valence-electron chi connectivity index (χ0n) is 33.8. The van der Waals surface area contributed by atoms with Gasteiger partial charge < -0.3 is 19.3 Å². The second kappa shape index (κ2) is 12.6. The predicted molar refractivity (Wildman–Crippen MR) is 232 cm³/mol. The first-order valence-corrected chi connectivity index (χ1v) is 19.7. The molecule has 0 aliphatic carbocycles. The summed E-state index contributed by atoms with van der Waals surface area (Å²) in [6.45, 7) is 8.75. The molecule has 60 heavy (non-hydrogen) atoms. The monoisotopic (exact) mass is 796 g/mol. The fraction of sp³-hybridized carbons (Fsp3) is 0.208. The van der Waals surface area contributed by atoms with Gasteiger partial charge in [-0.3, -0.25) is 30.2 Å². The average Bonchev–Trinajstić information content (AvgIpc) is 3.53. The number of anilines is 2. The van der Waals surface area contributed by atoms with Gasteiger partial charge in [0.05, 0.1) is 32.1 Å². The van der Waals surface area contributed by atoms with Crippen molar-refractivity contribution in [1.29, 1.82) is 0 Å². The zero-order valence-corrected chi connectivity index (χ0v) is 33.8. The largest absolute Gasteiger partial charge is 0.463 e. The smallest absolute Gasteiger partial charge is 0.270 e. The number of pyridine rings is 2. The number of benzene rings is 4. The molecule has 4 aromatic carbocycles. The van der Waals surface area contributed by atoms with Gasteiger partial charge in [0.2, 0.25) is 11.4 Å². The van der Waals surface area contributed by atoms with E-state index in [0.717, 1.165) is 55.9 Å². The lowest BCUT2D eigenvalue weighted by Gasteiger charge is -2.46. The van der Waals surface area contributed by atoms with Gasteiger partial charge in [-0.2, -0.15) is 0 Å². The van der Waals surface area contributed by atoms with Crippen LogP contribution in [0, 0.1) is 20.2 Å². The molecule has 0 N–H and O–H groups in total. The summed E-state index contributed by atoms with van der Waals surface area (Å²) in [5, 5.41) is 23.4. The number of rotatable bonds is 5. The van der Waals surface area contributed by atoms with Crippen LogP contribution in [0.25, 0.3) is 45.5 Å². The normalized spacial score (nSPS) is 20.9. The highest BCUT2D eigenvalue weighted by Gasteiger charge is 2.62. The molecule has 4 aliphatic rings. The molecule has 0 amide bonds. The van der Waals surface area contributed by atoms with Crippen molar-refractivity contribution < 1.29 is 19.3 Å². The molecule has 12 heteroatoms. The van der Waals surface area contributed by atoms with E-state index < -0.39 is 32.1 Å². The quantitative estimate of drug-likeness (QED) is 0.122. The van der Waals surface area contributed by atoms with Gasteiger partial charge in [-0.05, 0) is 122 Å². The Morgan fingerprint density at radius 1 is 0.533 bits per heavy atom. The van der Waals surface area contributed by atoms with Crippen LogP contribution >= 0.6 is 0 Å². The number of ether oxygens (including phenoxy) is 2. The zero-order chi connectivity index (χ0) is 41.9. The Bertz CT molecular complexity index is 2700. The van der Waals surface area contributed by atoms with Gasteiger partial charge >= 0.3 is 0 Å². The lowest BCUT2D eigenvalue weighted by atomic mass is 9.72. The molecule has 0 radical (unpaired) electrons. The number of nitrogens with zero attached hydrogens (tertiary/aromatic N) is 6. The molecule has 0 saturated carbocycles. The van der Waals surface area contributed by atoms with E-state index in [-0.39, 0.29) is 11.4 Å². The van der Waals surface area contributed by atoms with E-state index in [2.05, 4.69) is 85.8 Å². The minimum atomic E-state index is -1.02. The molecule has 0 bridgehead atoms. The number of hydrogen-bond acceptors (Lipinski definition) is 10. The third-order valence-electron chi connectivity index (χ3n) is 13.3. The fourth-order valence-electron chi connectivity index (χ4n) is 10.2. The molecule has 6 aromatic rings. The molecule has 0 saturated heterocycles. The topological polar surface area (TPSA) is 137 Å². The number of likely N-dealkylation sites (N-methyl/N-ethyl adjacent to an activating group) is 2. The van der Waals surface area contributed by atoms with Crippen LogP contribution in [0.4, 0.5) is 22.7 Å². The van der Waals surface area contributed by atoms with E-state index in [4.69, 9.17) is 9.47 Å². The Kier molecular flexibility index (Phi) is 7.75. The van der Waals surface area contributed by atoms with Crippen molar-refractivity contribution in [2.45, 2.75) is 50.0 Å². The van der Waals surface area contributed by atoms with Crippen molar-refractivity contribution in [2.75, 3.05) is 23.9 Å². The molecule has 298 valence electrons. The number of nitro benzene ring substituents is 2. The van der Waals surface area contributed by atoms with Crippen LogP contribution in [0.5, 0.6) is 11.5 Å². The number of hydrogen-bond donors (Lipinski definition) is 0. The average molecular weight is 797 g/mol. The van der Waals surface area contributed by atoms with Crippen molar-refractivity contribution >= 4 is 34.9 Å². The van der Waals surface area contributed by atoms with Crippen LogP contribution < -0.4 is 19.3 Å². The predicted octanol–water partition coefficient (Wildman–Crippen LogP) is 10.4. The Balaban J connectivity index is 1.22. The first-order valence-electron chi connectivity index (χ1n) is 19.7. The van der Waals surface area contributed by atoms with Gasteiger partial charge in [0.25, 0.3) is 11.4 Å². The second-order valence-corrected chi connectivity index (χ2v) is 16.8. The lowest BCUT2D eigenvalue weighted by Crippen LogP contribution is -2.58. The number of nitro groups is 2. The summed E-state index contributed by atoms with van der Waals surface area (Å²) in [6, 6.07) is 26.2. The molecule has 12 nitrogen and oxygen atoms in total. The summed E-state index contributed by atoms with van der Waals surface area (Å²) in [5.74, 6) is 1.11. The fourth-order valence-corrected chi connectivity index (χ4v) is 10.2. The Labute approximate surface area is 346 Å². The number of aromatic nitrogens is 2. The summed E-state index contributed by atoms with van der Waals surface area (Å²) in [5.41, 5.74) is 8.06. The third-order valence-corrected chi connectivity index (χ3v) is 13.3. The first-order chi connectivity index (χ1) is 28.7.